The van der Waals surface area contributed by atoms with Gasteiger partial charge < -0.3 is 21.2 Å². The summed E-state index contributed by atoms with van der Waals surface area (Å²) in [6.45, 7) is 8.50. The first-order valence-corrected chi connectivity index (χ1v) is 13.9. The molecule has 0 amide bonds. The van der Waals surface area contributed by atoms with Crippen molar-refractivity contribution in [2.24, 2.45) is 5.41 Å². The monoisotopic (exact) mass is 613 g/mol. The maximum Gasteiger partial charge on any atom is 0.331 e. The number of carboxylic acid groups (broad SMARTS) is 1. The Bertz CT molecular complexity index is 1670. The lowest BCUT2D eigenvalue weighted by Crippen LogP contribution is -2.68. The van der Waals surface area contributed by atoms with Gasteiger partial charge >= 0.3 is 5.97 Å². The molecule has 2 aliphatic rings. The maximum absolute atomic E-state index is 14.0. The van der Waals surface area contributed by atoms with Crippen molar-refractivity contribution in [3.05, 3.63) is 70.2 Å². The molecule has 1 aliphatic carbocycles. The molecule has 1 aromatic carbocycles. The van der Waals surface area contributed by atoms with Gasteiger partial charge in [-0.2, -0.15) is 4.39 Å². The number of halogens is 4. The lowest BCUT2D eigenvalue weighted by atomic mass is 9.73. The summed E-state index contributed by atoms with van der Waals surface area (Å²) < 4.78 is 41.7. The number of carboxylic acids is 1. The van der Waals surface area contributed by atoms with Gasteiger partial charge in [-0.3, -0.25) is 9.99 Å². The van der Waals surface area contributed by atoms with E-state index in [4.69, 9.17) is 18.0 Å². The summed E-state index contributed by atoms with van der Waals surface area (Å²) in [5, 5.41) is 18.8. The van der Waals surface area contributed by atoms with E-state index < -0.39 is 42.3 Å². The van der Waals surface area contributed by atoms with Crippen LogP contribution in [0.3, 0.4) is 0 Å². The third-order valence-corrected chi connectivity index (χ3v) is 7.74. The summed E-state index contributed by atoms with van der Waals surface area (Å²) in [6.07, 6.45) is 7.07. The van der Waals surface area contributed by atoms with Crippen LogP contribution >= 0.6 is 11.6 Å². The van der Waals surface area contributed by atoms with Crippen LogP contribution in [0.15, 0.2) is 42.4 Å². The molecule has 3 heterocycles. The van der Waals surface area contributed by atoms with Crippen LogP contribution in [0.1, 0.15) is 56.5 Å². The molecular weight excluding hydrogens is 583 g/mol. The van der Waals surface area contributed by atoms with E-state index in [9.17, 15) is 23.1 Å². The van der Waals surface area contributed by atoms with E-state index in [1.54, 1.807) is 25.3 Å². The lowest BCUT2D eigenvalue weighted by molar-refractivity contribution is -0.200. The van der Waals surface area contributed by atoms with Crippen molar-refractivity contribution in [2.45, 2.75) is 58.0 Å². The van der Waals surface area contributed by atoms with Crippen LogP contribution in [0.5, 0.6) is 0 Å². The van der Waals surface area contributed by atoms with E-state index in [1.807, 2.05) is 6.07 Å². The number of fused-ring (bicyclic) bond motifs is 1. The second kappa shape index (κ2) is 10.8. The molecule has 5 rings (SSSR count). The van der Waals surface area contributed by atoms with Crippen LogP contribution in [0.2, 0.25) is 5.02 Å². The van der Waals surface area contributed by atoms with E-state index in [2.05, 4.69) is 58.3 Å². The first kappa shape index (κ1) is 30.3. The number of terminal acetylenes is 1. The zero-order chi connectivity index (χ0) is 31.3. The van der Waals surface area contributed by atoms with Crippen molar-refractivity contribution in [1.82, 2.24) is 25.9 Å². The molecule has 2 aromatic heterocycles. The van der Waals surface area contributed by atoms with Gasteiger partial charge in [-0.25, -0.2) is 18.6 Å². The average molecular weight is 614 g/mol. The number of hydrazine groups is 2. The van der Waals surface area contributed by atoms with Crippen LogP contribution < -0.4 is 21.6 Å². The smallest absolute Gasteiger partial charge is 0.331 e. The summed E-state index contributed by atoms with van der Waals surface area (Å²) >= 11 is 6.70. The fourth-order valence-electron chi connectivity index (χ4n) is 5.27. The van der Waals surface area contributed by atoms with E-state index >= 15 is 0 Å². The Morgan fingerprint density at radius 2 is 2.02 bits per heavy atom. The third-order valence-electron chi connectivity index (χ3n) is 7.45. The molecule has 43 heavy (non-hydrogen) atoms. The van der Waals surface area contributed by atoms with Crippen LogP contribution in [0.4, 0.5) is 24.5 Å². The molecule has 1 saturated carbocycles. The minimum atomic E-state index is -3.10. The summed E-state index contributed by atoms with van der Waals surface area (Å²) in [7, 11) is 0. The Morgan fingerprint density at radius 1 is 1.30 bits per heavy atom. The standard InChI is InChI=1S/C30H31ClF3N7O2/c1-6-17-11-35-25-20(24(17)36-15-28(3,4)5)9-18(10-21(25)31)38-26(19-7-8-23(32)37-16(19)2)22-12-41(40-39-22)29(27(42)43)13-30(33,34)14-29/h1,7-12,26,38-40H,13-15H2,2-5H3,(H,35,36)(H,42,43)/t26-/m0/s1. The molecule has 0 bridgehead atoms. The second-order valence-electron chi connectivity index (χ2n) is 12.1. The van der Waals surface area contributed by atoms with Gasteiger partial charge in [0, 0.05) is 54.1 Å². The highest BCUT2D eigenvalue weighted by atomic mass is 35.5. The van der Waals surface area contributed by atoms with Crippen LogP contribution in [-0.2, 0) is 4.79 Å². The first-order valence-electron chi connectivity index (χ1n) is 13.5. The highest BCUT2D eigenvalue weighted by Gasteiger charge is 2.65. The Balaban J connectivity index is 1.58. The number of nitrogens with zero attached hydrogens (tertiary/aromatic N) is 3. The van der Waals surface area contributed by atoms with Gasteiger partial charge in [0.05, 0.1) is 33.5 Å². The Kier molecular flexibility index (Phi) is 7.61. The van der Waals surface area contributed by atoms with Gasteiger partial charge in [-0.1, -0.05) is 44.4 Å². The molecule has 13 heteroatoms. The second-order valence-corrected chi connectivity index (χ2v) is 12.5. The van der Waals surface area contributed by atoms with Gasteiger partial charge in [0.15, 0.2) is 5.54 Å². The molecule has 1 atom stereocenters. The number of aliphatic carboxylic acids is 1. The van der Waals surface area contributed by atoms with Crippen molar-refractivity contribution in [2.75, 3.05) is 17.2 Å². The number of pyridine rings is 2. The van der Waals surface area contributed by atoms with Gasteiger partial charge in [0.25, 0.3) is 5.92 Å². The Hall–Kier alpha value is -4.21. The van der Waals surface area contributed by atoms with Crippen LogP contribution in [0.25, 0.3) is 10.9 Å². The fraction of sp³-hybridized carbons (Fsp3) is 0.367. The van der Waals surface area contributed by atoms with Crippen molar-refractivity contribution in [1.29, 1.82) is 0 Å². The predicted octanol–water partition coefficient (Wildman–Crippen LogP) is 5.74. The molecule has 0 spiro atoms. The summed E-state index contributed by atoms with van der Waals surface area (Å²) in [5.74, 6) is -2.50. The third kappa shape index (κ3) is 5.87. The Morgan fingerprint density at radius 3 is 2.63 bits per heavy atom. The predicted molar refractivity (Wildman–Crippen MR) is 159 cm³/mol. The maximum atomic E-state index is 14.0. The van der Waals surface area contributed by atoms with Crippen molar-refractivity contribution in [3.63, 3.8) is 0 Å². The van der Waals surface area contributed by atoms with Crippen molar-refractivity contribution < 1.29 is 23.1 Å². The van der Waals surface area contributed by atoms with Crippen LogP contribution in [0, 0.1) is 30.6 Å². The first-order chi connectivity index (χ1) is 20.1. The fourth-order valence-corrected chi connectivity index (χ4v) is 5.53. The number of rotatable bonds is 8. The molecule has 1 aliphatic heterocycles. The highest BCUT2D eigenvalue weighted by Crippen LogP contribution is 2.50. The van der Waals surface area contributed by atoms with E-state index in [-0.39, 0.29) is 5.41 Å². The summed E-state index contributed by atoms with van der Waals surface area (Å²) in [6, 6.07) is 5.48. The zero-order valence-corrected chi connectivity index (χ0v) is 24.7. The molecule has 3 aromatic rings. The number of benzene rings is 1. The van der Waals surface area contributed by atoms with Gasteiger partial charge in [0.2, 0.25) is 5.95 Å². The van der Waals surface area contributed by atoms with Gasteiger partial charge in [-0.15, -0.1) is 12.0 Å². The van der Waals surface area contributed by atoms with E-state index in [1.165, 1.54) is 12.3 Å². The minimum absolute atomic E-state index is 0.0590. The molecular formula is C30H31ClF3N7O2. The van der Waals surface area contributed by atoms with Crippen molar-refractivity contribution in [3.8, 4) is 12.3 Å². The quantitative estimate of drug-likeness (QED) is 0.160. The number of hydrogen-bond donors (Lipinski definition) is 5. The molecule has 9 nitrogen and oxygen atoms in total. The topological polar surface area (TPSA) is 114 Å². The zero-order valence-electron chi connectivity index (χ0n) is 23.9. The SMILES string of the molecule is C#Cc1cnc2c(Cl)cc(N[C@H](C3=CN(C4(C(=O)O)CC(F)(F)C4)NN3)c3ccc(F)nc3C)cc2c1NCC(C)(C)C. The molecule has 5 N–H and O–H groups in total. The normalized spacial score (nSPS) is 17.8. The number of hydrogen-bond acceptors (Lipinski definition) is 8. The number of aryl methyl sites for hydroxylation is 1. The highest BCUT2D eigenvalue weighted by molar-refractivity contribution is 6.35. The molecule has 0 saturated heterocycles. The number of anilines is 2. The lowest BCUT2D eigenvalue weighted by Gasteiger charge is -2.48. The van der Waals surface area contributed by atoms with E-state index in [0.29, 0.717) is 56.4 Å². The molecule has 1 fully saturated rings. The number of carbonyl (C=O) groups is 1. The largest absolute Gasteiger partial charge is 0.479 e. The van der Waals surface area contributed by atoms with Gasteiger partial charge in [0.1, 0.15) is 0 Å². The van der Waals surface area contributed by atoms with Crippen molar-refractivity contribution >= 4 is 39.8 Å². The number of nitrogens with one attached hydrogen (secondary N) is 4. The van der Waals surface area contributed by atoms with E-state index in [0.717, 1.165) is 5.01 Å². The molecule has 0 radical (unpaired) electrons. The minimum Gasteiger partial charge on any atom is -0.479 e. The number of aromatic nitrogens is 2. The molecule has 0 unspecified atom stereocenters. The Labute approximate surface area is 251 Å². The summed E-state index contributed by atoms with van der Waals surface area (Å²) in [5.41, 5.74) is 7.28. The van der Waals surface area contributed by atoms with Crippen LogP contribution in [-0.4, -0.2) is 44.1 Å². The van der Waals surface area contributed by atoms with Gasteiger partial charge in [-0.05, 0) is 30.5 Å². The average Bonchev–Trinajstić information content (AvgIpc) is 3.39. The number of alkyl halides is 2. The summed E-state index contributed by atoms with van der Waals surface area (Å²) in [4.78, 5) is 20.5. The molecule has 226 valence electrons.